The number of nitrogens with one attached hydrogen (secondary N) is 1. The Morgan fingerprint density at radius 2 is 2.27 bits per heavy atom. The molecule has 0 spiro atoms. The molecule has 2 aliphatic rings. The monoisotopic (exact) mass is 214 g/mol. The summed E-state index contributed by atoms with van der Waals surface area (Å²) in [7, 11) is 0. The summed E-state index contributed by atoms with van der Waals surface area (Å²) < 4.78 is 14.2. The lowest BCUT2D eigenvalue weighted by Gasteiger charge is -2.39. The van der Waals surface area contributed by atoms with Crippen LogP contribution in [-0.2, 0) is 0 Å². The first-order valence-corrected chi connectivity index (χ1v) is 5.71. The first-order chi connectivity index (χ1) is 6.93. The van der Waals surface area contributed by atoms with Crippen LogP contribution in [0.15, 0.2) is 0 Å². The van der Waals surface area contributed by atoms with Gasteiger partial charge in [0.15, 0.2) is 0 Å². The van der Waals surface area contributed by atoms with Crippen LogP contribution in [0.2, 0.25) is 0 Å². The maximum atomic E-state index is 14.2. The molecule has 1 aliphatic carbocycles. The Bertz CT molecular complexity index is 278. The molecule has 2 rings (SSSR count). The van der Waals surface area contributed by atoms with Crippen molar-refractivity contribution in [2.75, 3.05) is 0 Å². The van der Waals surface area contributed by atoms with Crippen LogP contribution in [0.25, 0.3) is 0 Å². The van der Waals surface area contributed by atoms with Crippen LogP contribution >= 0.6 is 0 Å². The highest BCUT2D eigenvalue weighted by Gasteiger charge is 2.52. The third-order valence-electron chi connectivity index (χ3n) is 3.63. The lowest BCUT2D eigenvalue weighted by atomic mass is 9.80. The average Bonchev–Trinajstić information content (AvgIpc) is 2.42. The fourth-order valence-electron chi connectivity index (χ4n) is 2.90. The van der Waals surface area contributed by atoms with Crippen molar-refractivity contribution < 1.29 is 9.18 Å². The predicted molar refractivity (Wildman–Crippen MR) is 56.4 cm³/mol. The van der Waals surface area contributed by atoms with Gasteiger partial charge in [0.2, 0.25) is 0 Å². The van der Waals surface area contributed by atoms with E-state index >= 15 is 0 Å². The van der Waals surface area contributed by atoms with Crippen LogP contribution in [0.5, 0.6) is 0 Å². The van der Waals surface area contributed by atoms with E-state index < -0.39 is 5.67 Å². The molecule has 2 amide bonds. The van der Waals surface area contributed by atoms with Crippen molar-refractivity contribution >= 4 is 6.03 Å². The summed E-state index contributed by atoms with van der Waals surface area (Å²) in [6, 6.07) is -0.234. The number of alkyl halides is 1. The first-order valence-electron chi connectivity index (χ1n) is 5.71. The number of amides is 2. The van der Waals surface area contributed by atoms with Gasteiger partial charge in [0, 0.05) is 6.04 Å². The summed E-state index contributed by atoms with van der Waals surface area (Å²) in [6.07, 6.45) is 2.34. The second-order valence-corrected chi connectivity index (χ2v) is 5.17. The molecule has 0 aromatic rings. The van der Waals surface area contributed by atoms with Gasteiger partial charge in [-0.2, -0.15) is 0 Å². The summed E-state index contributed by atoms with van der Waals surface area (Å²) in [5, 5.41) is 2.79. The topological polar surface area (TPSA) is 32.3 Å². The molecular formula is C11H19FN2O. The molecule has 1 unspecified atom stereocenters. The molecular weight excluding hydrogens is 195 g/mol. The molecule has 1 heterocycles. The van der Waals surface area contributed by atoms with Crippen molar-refractivity contribution in [3.05, 3.63) is 0 Å². The molecule has 0 bridgehead atoms. The Balaban J connectivity index is 2.24. The molecule has 3 atom stereocenters. The lowest BCUT2D eigenvalue weighted by Crippen LogP contribution is -2.53. The van der Waals surface area contributed by atoms with Crippen LogP contribution in [-0.4, -0.2) is 34.7 Å². The van der Waals surface area contributed by atoms with Crippen LogP contribution < -0.4 is 5.32 Å². The highest BCUT2D eigenvalue weighted by atomic mass is 19.1. The van der Waals surface area contributed by atoms with E-state index in [1.165, 1.54) is 0 Å². The summed E-state index contributed by atoms with van der Waals surface area (Å²) in [5.41, 5.74) is -1.25. The van der Waals surface area contributed by atoms with Crippen molar-refractivity contribution in [3.63, 3.8) is 0 Å². The Hall–Kier alpha value is -0.800. The van der Waals surface area contributed by atoms with Crippen molar-refractivity contribution in [2.24, 2.45) is 0 Å². The van der Waals surface area contributed by atoms with Crippen LogP contribution in [0.1, 0.15) is 40.0 Å². The summed E-state index contributed by atoms with van der Waals surface area (Å²) in [4.78, 5) is 13.5. The number of hydrogen-bond acceptors (Lipinski definition) is 1. The number of rotatable bonds is 1. The third kappa shape index (κ3) is 1.60. The SMILES string of the molecule is CC(C)N1C(=O)N[C@@H]2[C@H]1CCCC2(C)F. The van der Waals surface area contributed by atoms with E-state index in [9.17, 15) is 9.18 Å². The summed E-state index contributed by atoms with van der Waals surface area (Å²) >= 11 is 0. The fourth-order valence-corrected chi connectivity index (χ4v) is 2.90. The van der Waals surface area contributed by atoms with Crippen molar-refractivity contribution in [3.8, 4) is 0 Å². The molecule has 15 heavy (non-hydrogen) atoms. The van der Waals surface area contributed by atoms with Gasteiger partial charge in [-0.05, 0) is 40.0 Å². The molecule has 2 fully saturated rings. The number of nitrogens with zero attached hydrogens (tertiary/aromatic N) is 1. The molecule has 1 aliphatic heterocycles. The molecule has 3 nitrogen and oxygen atoms in total. The normalized spacial score (nSPS) is 40.6. The number of carbonyl (C=O) groups is 1. The van der Waals surface area contributed by atoms with Gasteiger partial charge >= 0.3 is 6.03 Å². The van der Waals surface area contributed by atoms with Crippen molar-refractivity contribution in [2.45, 2.75) is 63.8 Å². The van der Waals surface area contributed by atoms with Crippen molar-refractivity contribution in [1.29, 1.82) is 0 Å². The van der Waals surface area contributed by atoms with Gasteiger partial charge in [0.05, 0.1) is 12.1 Å². The van der Waals surface area contributed by atoms with Gasteiger partial charge in [-0.1, -0.05) is 0 Å². The van der Waals surface area contributed by atoms with Crippen LogP contribution in [0, 0.1) is 0 Å². The largest absolute Gasteiger partial charge is 0.330 e. The maximum Gasteiger partial charge on any atom is 0.318 e. The van der Waals surface area contributed by atoms with E-state index in [0.29, 0.717) is 6.42 Å². The number of carbonyl (C=O) groups excluding carboxylic acids is 1. The zero-order valence-corrected chi connectivity index (χ0v) is 9.59. The Morgan fingerprint density at radius 3 is 2.87 bits per heavy atom. The second kappa shape index (κ2) is 3.35. The molecule has 1 N–H and O–H groups in total. The summed E-state index contributed by atoms with van der Waals surface area (Å²) in [6.45, 7) is 5.56. The molecule has 1 saturated carbocycles. The smallest absolute Gasteiger partial charge is 0.318 e. The minimum atomic E-state index is -1.25. The van der Waals surface area contributed by atoms with E-state index in [0.717, 1.165) is 12.8 Å². The molecule has 86 valence electrons. The fraction of sp³-hybridized carbons (Fsp3) is 0.909. The zero-order chi connectivity index (χ0) is 11.2. The predicted octanol–water partition coefficient (Wildman–Crippen LogP) is 2.07. The average molecular weight is 214 g/mol. The minimum Gasteiger partial charge on any atom is -0.330 e. The van der Waals surface area contributed by atoms with Gasteiger partial charge in [0.25, 0.3) is 0 Å². The third-order valence-corrected chi connectivity index (χ3v) is 3.63. The van der Waals surface area contributed by atoms with E-state index in [-0.39, 0.29) is 24.2 Å². The van der Waals surface area contributed by atoms with Gasteiger partial charge in [0.1, 0.15) is 5.67 Å². The number of fused-ring (bicyclic) bond motifs is 1. The molecule has 4 heteroatoms. The Labute approximate surface area is 90.0 Å². The Kier molecular flexibility index (Phi) is 2.40. The van der Waals surface area contributed by atoms with Gasteiger partial charge < -0.3 is 10.2 Å². The van der Waals surface area contributed by atoms with Crippen LogP contribution in [0.3, 0.4) is 0 Å². The second-order valence-electron chi connectivity index (χ2n) is 5.17. The quantitative estimate of drug-likeness (QED) is 0.712. The van der Waals surface area contributed by atoms with Crippen molar-refractivity contribution in [1.82, 2.24) is 10.2 Å². The lowest BCUT2D eigenvalue weighted by molar-refractivity contribution is 0.0568. The van der Waals surface area contributed by atoms with E-state index in [1.54, 1.807) is 11.8 Å². The standard InChI is InChI=1S/C11H19FN2O/c1-7(2)14-8-5-4-6-11(3,12)9(8)13-10(14)15/h7-9H,4-6H2,1-3H3,(H,13,15)/t8-,9-,11?/m1/s1. The first kappa shape index (κ1) is 10.7. The van der Waals surface area contributed by atoms with E-state index in [2.05, 4.69) is 5.32 Å². The number of halogens is 1. The zero-order valence-electron chi connectivity index (χ0n) is 9.59. The highest BCUT2D eigenvalue weighted by molar-refractivity contribution is 5.78. The van der Waals surface area contributed by atoms with Gasteiger partial charge in [-0.25, -0.2) is 9.18 Å². The molecule has 0 radical (unpaired) electrons. The van der Waals surface area contributed by atoms with Gasteiger partial charge in [-0.15, -0.1) is 0 Å². The van der Waals surface area contributed by atoms with E-state index in [1.807, 2.05) is 13.8 Å². The minimum absolute atomic E-state index is 0.0428. The number of hydrogen-bond donors (Lipinski definition) is 1. The Morgan fingerprint density at radius 1 is 1.60 bits per heavy atom. The number of urea groups is 1. The summed E-state index contributed by atoms with van der Waals surface area (Å²) in [5.74, 6) is 0. The molecule has 0 aromatic carbocycles. The van der Waals surface area contributed by atoms with Gasteiger partial charge in [-0.3, -0.25) is 0 Å². The molecule has 0 aromatic heterocycles. The molecule has 1 saturated heterocycles. The highest BCUT2D eigenvalue weighted by Crippen LogP contribution is 2.38. The maximum absolute atomic E-state index is 14.2. The van der Waals surface area contributed by atoms with Crippen LogP contribution in [0.4, 0.5) is 9.18 Å². The van der Waals surface area contributed by atoms with E-state index in [4.69, 9.17) is 0 Å².